The smallest absolute Gasteiger partial charge is 0.422 e. The molecule has 28 heavy (non-hydrogen) atoms. The lowest BCUT2D eigenvalue weighted by Gasteiger charge is -2.19. The fourth-order valence-corrected chi connectivity index (χ4v) is 3.26. The Hall–Kier alpha value is -1.92. The molecule has 0 spiro atoms. The lowest BCUT2D eigenvalue weighted by molar-refractivity contribution is 0.0499. The third kappa shape index (κ3) is 9.85. The molecule has 1 heterocycles. The minimum atomic E-state index is -0.508. The van der Waals surface area contributed by atoms with E-state index in [1.54, 1.807) is 11.3 Å². The van der Waals surface area contributed by atoms with Crippen LogP contribution in [0.3, 0.4) is 0 Å². The van der Waals surface area contributed by atoms with Crippen LogP contribution in [0.5, 0.6) is 0 Å². The van der Waals surface area contributed by atoms with Crippen molar-refractivity contribution in [1.29, 1.82) is 0 Å². The van der Waals surface area contributed by atoms with Crippen molar-refractivity contribution >= 4 is 17.4 Å². The summed E-state index contributed by atoms with van der Waals surface area (Å²) in [6.45, 7) is 16.4. The van der Waals surface area contributed by atoms with E-state index in [2.05, 4.69) is 55.7 Å². The van der Waals surface area contributed by atoms with Gasteiger partial charge in [-0.25, -0.2) is 15.2 Å². The topological polar surface area (TPSA) is 63.2 Å². The van der Waals surface area contributed by atoms with Crippen LogP contribution in [0.4, 0.5) is 4.79 Å². The zero-order chi connectivity index (χ0) is 21.2. The number of allylic oxidation sites excluding steroid dienone is 4. The number of hydrazine groups is 1. The molecule has 1 aromatic rings. The van der Waals surface area contributed by atoms with Gasteiger partial charge in [0.25, 0.3) is 0 Å². The Morgan fingerprint density at radius 2 is 2.04 bits per heavy atom. The van der Waals surface area contributed by atoms with Crippen LogP contribution in [0.1, 0.15) is 71.0 Å². The first kappa shape index (κ1) is 24.1. The second-order valence-corrected chi connectivity index (χ2v) is 8.81. The molecule has 0 aromatic carbocycles. The van der Waals surface area contributed by atoms with E-state index >= 15 is 0 Å². The van der Waals surface area contributed by atoms with E-state index < -0.39 is 11.7 Å². The average Bonchev–Trinajstić information content (AvgIpc) is 3.08. The predicted octanol–water partition coefficient (Wildman–Crippen LogP) is 5.68. The van der Waals surface area contributed by atoms with E-state index in [4.69, 9.17) is 9.72 Å². The SMILES string of the molecule is C=C/C(=C\C(=C/C)CCc1csc(C(C)C)n1)CCNNC(=O)OC(C)(C)C. The number of hydrogen-bond acceptors (Lipinski definition) is 5. The van der Waals surface area contributed by atoms with E-state index in [1.807, 2.05) is 26.8 Å². The number of ether oxygens (including phenoxy) is 1. The Bertz CT molecular complexity index is 697. The Morgan fingerprint density at radius 3 is 2.57 bits per heavy atom. The summed E-state index contributed by atoms with van der Waals surface area (Å²) < 4.78 is 5.18. The summed E-state index contributed by atoms with van der Waals surface area (Å²) >= 11 is 1.74. The highest BCUT2D eigenvalue weighted by Crippen LogP contribution is 2.21. The third-order valence-electron chi connectivity index (χ3n) is 3.87. The van der Waals surface area contributed by atoms with Gasteiger partial charge in [-0.05, 0) is 52.5 Å². The summed E-state index contributed by atoms with van der Waals surface area (Å²) in [6, 6.07) is 0. The molecule has 1 aromatic heterocycles. The van der Waals surface area contributed by atoms with E-state index in [0.29, 0.717) is 12.5 Å². The first-order valence-electron chi connectivity index (χ1n) is 9.79. The number of carbonyl (C=O) groups is 1. The minimum Gasteiger partial charge on any atom is -0.443 e. The number of hydrogen-bond donors (Lipinski definition) is 2. The molecule has 1 rings (SSSR count). The van der Waals surface area contributed by atoms with E-state index in [1.165, 1.54) is 10.6 Å². The fourth-order valence-electron chi connectivity index (χ4n) is 2.39. The van der Waals surface area contributed by atoms with Crippen molar-refractivity contribution in [3.05, 3.63) is 52.0 Å². The second kappa shape index (κ2) is 11.8. The van der Waals surface area contributed by atoms with Gasteiger partial charge in [0.15, 0.2) is 0 Å². The summed E-state index contributed by atoms with van der Waals surface area (Å²) in [6.07, 6.45) is 8.31. The fraction of sp³-hybridized carbons (Fsp3) is 0.545. The van der Waals surface area contributed by atoms with Gasteiger partial charge in [0, 0.05) is 17.8 Å². The molecule has 0 saturated heterocycles. The van der Waals surface area contributed by atoms with Crippen LogP contribution in [0.15, 0.2) is 41.3 Å². The number of amides is 1. The van der Waals surface area contributed by atoms with Gasteiger partial charge in [-0.2, -0.15) is 0 Å². The van der Waals surface area contributed by atoms with Gasteiger partial charge in [-0.15, -0.1) is 11.3 Å². The molecule has 5 nitrogen and oxygen atoms in total. The van der Waals surface area contributed by atoms with Crippen LogP contribution in [0.25, 0.3) is 0 Å². The van der Waals surface area contributed by atoms with Gasteiger partial charge >= 0.3 is 6.09 Å². The molecule has 0 radical (unpaired) electrons. The highest BCUT2D eigenvalue weighted by molar-refractivity contribution is 7.09. The quantitative estimate of drug-likeness (QED) is 0.299. The first-order chi connectivity index (χ1) is 13.1. The Kier molecular flexibility index (Phi) is 10.2. The molecule has 0 aliphatic carbocycles. The summed E-state index contributed by atoms with van der Waals surface area (Å²) in [5, 5.41) is 3.36. The predicted molar refractivity (Wildman–Crippen MR) is 119 cm³/mol. The average molecular weight is 406 g/mol. The lowest BCUT2D eigenvalue weighted by Crippen LogP contribution is -2.41. The molecule has 0 fully saturated rings. The van der Waals surface area contributed by atoms with Crippen LogP contribution < -0.4 is 10.9 Å². The minimum absolute atomic E-state index is 0.477. The summed E-state index contributed by atoms with van der Waals surface area (Å²) in [7, 11) is 0. The molecule has 0 aliphatic rings. The zero-order valence-electron chi connectivity index (χ0n) is 18.1. The molecule has 6 heteroatoms. The van der Waals surface area contributed by atoms with Crippen molar-refractivity contribution in [2.24, 2.45) is 0 Å². The maximum absolute atomic E-state index is 11.6. The molecule has 0 saturated carbocycles. The van der Waals surface area contributed by atoms with Crippen molar-refractivity contribution in [3.8, 4) is 0 Å². The van der Waals surface area contributed by atoms with Gasteiger partial charge in [0.1, 0.15) is 5.60 Å². The van der Waals surface area contributed by atoms with Gasteiger partial charge in [-0.1, -0.05) is 44.2 Å². The third-order valence-corrected chi connectivity index (χ3v) is 5.06. The number of nitrogens with zero attached hydrogens (tertiary/aromatic N) is 1. The Balaban J connectivity index is 2.47. The molecule has 156 valence electrons. The molecule has 0 bridgehead atoms. The van der Waals surface area contributed by atoms with Gasteiger partial charge < -0.3 is 4.74 Å². The van der Waals surface area contributed by atoms with Crippen LogP contribution in [0, 0.1) is 0 Å². The number of thiazole rings is 1. The highest BCUT2D eigenvalue weighted by atomic mass is 32.1. The van der Waals surface area contributed by atoms with E-state index in [0.717, 1.165) is 30.5 Å². The second-order valence-electron chi connectivity index (χ2n) is 7.92. The maximum atomic E-state index is 11.6. The van der Waals surface area contributed by atoms with Crippen molar-refractivity contribution in [3.63, 3.8) is 0 Å². The van der Waals surface area contributed by atoms with Crippen LogP contribution in [-0.4, -0.2) is 23.2 Å². The molecule has 0 unspecified atom stereocenters. The van der Waals surface area contributed by atoms with Crippen molar-refractivity contribution in [2.75, 3.05) is 6.54 Å². The first-order valence-corrected chi connectivity index (χ1v) is 10.7. The number of nitrogens with one attached hydrogen (secondary N) is 2. The van der Waals surface area contributed by atoms with E-state index in [-0.39, 0.29) is 0 Å². The van der Waals surface area contributed by atoms with E-state index in [9.17, 15) is 4.79 Å². The molecular formula is C22H35N3O2S. The van der Waals surface area contributed by atoms with Gasteiger partial charge in [-0.3, -0.25) is 5.43 Å². The number of carbonyl (C=O) groups excluding carboxylic acids is 1. The van der Waals surface area contributed by atoms with Crippen LogP contribution in [-0.2, 0) is 11.2 Å². The summed E-state index contributed by atoms with van der Waals surface area (Å²) in [5.74, 6) is 0.481. The number of rotatable bonds is 10. The largest absolute Gasteiger partial charge is 0.443 e. The number of aromatic nitrogens is 1. The van der Waals surface area contributed by atoms with Crippen LogP contribution >= 0.6 is 11.3 Å². The standard InChI is InChI=1S/C22H35N3O2S/c1-8-17(10-11-19-15-28-20(24-19)16(3)4)14-18(9-2)12-13-23-25-21(26)27-22(5,6)7/h8-9,14-16,23H,2,10-13H2,1,3-7H3,(H,25,26)/b17-8-,18-14+. The monoisotopic (exact) mass is 405 g/mol. The maximum Gasteiger partial charge on any atom is 0.422 e. The lowest BCUT2D eigenvalue weighted by atomic mass is 10.0. The summed E-state index contributed by atoms with van der Waals surface area (Å²) in [5.41, 5.74) is 8.47. The molecule has 0 aliphatic heterocycles. The number of aryl methyl sites for hydroxylation is 1. The van der Waals surface area contributed by atoms with Crippen molar-refractivity contribution in [2.45, 2.75) is 72.3 Å². The molecule has 1 amide bonds. The van der Waals surface area contributed by atoms with Gasteiger partial charge in [0.2, 0.25) is 0 Å². The normalized spacial score (nSPS) is 13.0. The van der Waals surface area contributed by atoms with Crippen molar-refractivity contribution in [1.82, 2.24) is 15.8 Å². The van der Waals surface area contributed by atoms with Crippen LogP contribution in [0.2, 0.25) is 0 Å². The molecule has 2 N–H and O–H groups in total. The Morgan fingerprint density at radius 1 is 1.32 bits per heavy atom. The van der Waals surface area contributed by atoms with Gasteiger partial charge in [0.05, 0.1) is 10.7 Å². The zero-order valence-corrected chi connectivity index (χ0v) is 18.9. The summed E-state index contributed by atoms with van der Waals surface area (Å²) in [4.78, 5) is 16.3. The van der Waals surface area contributed by atoms with Crippen molar-refractivity contribution < 1.29 is 9.53 Å². The highest BCUT2D eigenvalue weighted by Gasteiger charge is 2.15. The molecule has 0 atom stereocenters. The molecular weight excluding hydrogens is 370 g/mol. The Labute approximate surface area is 174 Å².